The zero-order valence-corrected chi connectivity index (χ0v) is 16.8. The Morgan fingerprint density at radius 1 is 1.25 bits per heavy atom. The molecule has 7 nitrogen and oxygen atoms in total. The number of hydrogen-bond acceptors (Lipinski definition) is 7. The van der Waals surface area contributed by atoms with E-state index in [1.165, 1.54) is 5.56 Å². The number of hydrogen-bond donors (Lipinski definition) is 1. The highest BCUT2D eigenvalue weighted by Gasteiger charge is 2.18. The van der Waals surface area contributed by atoms with Gasteiger partial charge in [-0.2, -0.15) is 4.98 Å². The van der Waals surface area contributed by atoms with Gasteiger partial charge in [-0.05, 0) is 26.3 Å². The summed E-state index contributed by atoms with van der Waals surface area (Å²) in [5.74, 6) is 1.02. The van der Waals surface area contributed by atoms with Gasteiger partial charge in [-0.3, -0.25) is 4.99 Å². The highest BCUT2D eigenvalue weighted by molar-refractivity contribution is 5.78. The van der Waals surface area contributed by atoms with Gasteiger partial charge in [0.25, 0.3) is 0 Å². The van der Waals surface area contributed by atoms with E-state index in [9.17, 15) is 5.11 Å². The molecule has 0 unspecified atom stereocenters. The van der Waals surface area contributed by atoms with E-state index in [2.05, 4.69) is 45.0 Å². The summed E-state index contributed by atoms with van der Waals surface area (Å²) in [6.07, 6.45) is 1.74. The molecule has 1 N–H and O–H groups in total. The fourth-order valence-corrected chi connectivity index (χ4v) is 2.78. The normalized spacial score (nSPS) is 15.2. The van der Waals surface area contributed by atoms with Crippen molar-refractivity contribution in [1.29, 1.82) is 0 Å². The van der Waals surface area contributed by atoms with Gasteiger partial charge in [0.05, 0.1) is 31.1 Å². The van der Waals surface area contributed by atoms with Crippen LogP contribution in [-0.2, 0) is 11.3 Å². The van der Waals surface area contributed by atoms with Crippen molar-refractivity contribution >= 4 is 12.2 Å². The molecule has 0 spiro atoms. The lowest BCUT2D eigenvalue weighted by Gasteiger charge is -2.27. The van der Waals surface area contributed by atoms with Gasteiger partial charge in [0.15, 0.2) is 0 Å². The van der Waals surface area contributed by atoms with Crippen molar-refractivity contribution in [2.24, 2.45) is 4.99 Å². The molecular formula is C21H28N4O3. The number of aliphatic imine (C=N–C) groups is 1. The minimum atomic E-state index is -0.941. The third-order valence-corrected chi connectivity index (χ3v) is 4.16. The number of benzene rings is 1. The molecule has 1 aliphatic heterocycles. The molecule has 0 bridgehead atoms. The van der Waals surface area contributed by atoms with Crippen molar-refractivity contribution in [3.63, 3.8) is 0 Å². The van der Waals surface area contributed by atoms with Gasteiger partial charge in [-0.15, -0.1) is 0 Å². The van der Waals surface area contributed by atoms with Gasteiger partial charge in [0.2, 0.25) is 11.8 Å². The maximum absolute atomic E-state index is 9.93. The largest absolute Gasteiger partial charge is 0.474 e. The summed E-state index contributed by atoms with van der Waals surface area (Å²) in [5, 5.41) is 9.93. The molecule has 1 aromatic heterocycles. The molecule has 1 saturated heterocycles. The van der Waals surface area contributed by atoms with E-state index in [-0.39, 0.29) is 6.61 Å². The number of aromatic nitrogens is 2. The Morgan fingerprint density at radius 2 is 2.04 bits per heavy atom. The van der Waals surface area contributed by atoms with Crippen LogP contribution in [0.5, 0.6) is 5.88 Å². The summed E-state index contributed by atoms with van der Waals surface area (Å²) >= 11 is 0. The minimum absolute atomic E-state index is 0.145. The van der Waals surface area contributed by atoms with E-state index in [1.54, 1.807) is 26.1 Å². The molecule has 1 aromatic carbocycles. The second-order valence-corrected chi connectivity index (χ2v) is 7.59. The average Bonchev–Trinajstić information content (AvgIpc) is 2.67. The topological polar surface area (TPSA) is 80.1 Å². The first-order chi connectivity index (χ1) is 13.4. The van der Waals surface area contributed by atoms with Crippen LogP contribution in [0, 0.1) is 6.92 Å². The van der Waals surface area contributed by atoms with Crippen molar-refractivity contribution in [3.05, 3.63) is 47.2 Å². The molecule has 0 radical (unpaired) electrons. The van der Waals surface area contributed by atoms with Crippen LogP contribution in [0.2, 0.25) is 0 Å². The van der Waals surface area contributed by atoms with Crippen LogP contribution < -0.4 is 9.64 Å². The summed E-state index contributed by atoms with van der Waals surface area (Å²) in [4.78, 5) is 15.7. The Bertz CT molecular complexity index is 812. The number of anilines is 1. The van der Waals surface area contributed by atoms with Crippen molar-refractivity contribution in [2.75, 3.05) is 37.8 Å². The number of aliphatic hydroxyl groups is 1. The lowest BCUT2D eigenvalue weighted by atomic mass is 10.1. The molecule has 0 aliphatic carbocycles. The van der Waals surface area contributed by atoms with Crippen LogP contribution >= 0.6 is 0 Å². The van der Waals surface area contributed by atoms with Crippen molar-refractivity contribution in [3.8, 4) is 5.88 Å². The molecule has 2 aromatic rings. The van der Waals surface area contributed by atoms with Crippen molar-refractivity contribution in [2.45, 2.75) is 32.9 Å². The van der Waals surface area contributed by atoms with Crippen molar-refractivity contribution < 1.29 is 14.6 Å². The second kappa shape index (κ2) is 9.12. The Kier molecular flexibility index (Phi) is 6.59. The number of morpholine rings is 1. The van der Waals surface area contributed by atoms with Crippen LogP contribution in [0.3, 0.4) is 0 Å². The van der Waals surface area contributed by atoms with Crippen LogP contribution in [0.4, 0.5) is 5.95 Å². The molecule has 0 amide bonds. The predicted molar refractivity (Wildman–Crippen MR) is 109 cm³/mol. The van der Waals surface area contributed by atoms with Gasteiger partial charge in [0, 0.05) is 25.4 Å². The molecule has 2 heterocycles. The molecule has 3 rings (SSSR count). The summed E-state index contributed by atoms with van der Waals surface area (Å²) in [7, 11) is 0. The number of rotatable bonds is 7. The monoisotopic (exact) mass is 384 g/mol. The van der Waals surface area contributed by atoms with E-state index < -0.39 is 5.60 Å². The Balaban J connectivity index is 1.78. The molecule has 7 heteroatoms. The summed E-state index contributed by atoms with van der Waals surface area (Å²) in [6.45, 7) is 8.94. The van der Waals surface area contributed by atoms with Gasteiger partial charge < -0.3 is 19.5 Å². The first-order valence-electron chi connectivity index (χ1n) is 9.51. The number of aryl methyl sites for hydroxylation is 1. The lowest BCUT2D eigenvalue weighted by molar-refractivity contribution is 0.0268. The van der Waals surface area contributed by atoms with Crippen LogP contribution in [0.1, 0.15) is 30.7 Å². The maximum atomic E-state index is 9.93. The fraction of sp³-hybridized carbons (Fsp3) is 0.476. The fourth-order valence-electron chi connectivity index (χ4n) is 2.78. The second-order valence-electron chi connectivity index (χ2n) is 7.59. The van der Waals surface area contributed by atoms with Crippen LogP contribution in [0.25, 0.3) is 0 Å². The van der Waals surface area contributed by atoms with Crippen LogP contribution in [-0.4, -0.2) is 59.8 Å². The van der Waals surface area contributed by atoms with E-state index in [0.717, 1.165) is 18.7 Å². The minimum Gasteiger partial charge on any atom is -0.474 e. The first kappa shape index (κ1) is 20.2. The lowest BCUT2D eigenvalue weighted by Crippen LogP contribution is -2.37. The van der Waals surface area contributed by atoms with Crippen LogP contribution in [0.15, 0.2) is 35.3 Å². The Hall–Kier alpha value is -2.51. The van der Waals surface area contributed by atoms with Gasteiger partial charge >= 0.3 is 0 Å². The smallest absolute Gasteiger partial charge is 0.229 e. The zero-order chi connectivity index (χ0) is 20.0. The first-order valence-corrected chi connectivity index (χ1v) is 9.51. The highest BCUT2D eigenvalue weighted by atomic mass is 16.5. The quantitative estimate of drug-likeness (QED) is 0.739. The summed E-state index contributed by atoms with van der Waals surface area (Å²) in [5.41, 5.74) is 2.10. The number of nitrogens with zero attached hydrogens (tertiary/aromatic N) is 4. The van der Waals surface area contributed by atoms with E-state index >= 15 is 0 Å². The summed E-state index contributed by atoms with van der Waals surface area (Å²) in [6, 6.07) is 10.0. The van der Waals surface area contributed by atoms with E-state index in [1.807, 2.05) is 6.07 Å². The SMILES string of the molecule is Cc1cccc(CN=Cc2cc(OCC(C)(C)O)nc(N3CCOCC3)n2)c1. The maximum Gasteiger partial charge on any atom is 0.229 e. The molecule has 150 valence electrons. The number of ether oxygens (including phenoxy) is 2. The van der Waals surface area contributed by atoms with Gasteiger partial charge in [0.1, 0.15) is 6.61 Å². The zero-order valence-electron chi connectivity index (χ0n) is 16.8. The standard InChI is InChI=1S/C21H28N4O3/c1-16-5-4-6-17(11-16)13-22-14-18-12-19(28-15-21(2,3)26)24-20(23-18)25-7-9-27-10-8-25/h4-6,11-12,14,26H,7-10,13,15H2,1-3H3. The van der Waals surface area contributed by atoms with Gasteiger partial charge in [-0.25, -0.2) is 4.98 Å². The Morgan fingerprint density at radius 3 is 2.75 bits per heavy atom. The molecule has 0 atom stereocenters. The van der Waals surface area contributed by atoms with E-state index in [4.69, 9.17) is 9.47 Å². The molecule has 0 saturated carbocycles. The summed E-state index contributed by atoms with van der Waals surface area (Å²) < 4.78 is 11.1. The molecule has 28 heavy (non-hydrogen) atoms. The van der Waals surface area contributed by atoms with Gasteiger partial charge in [-0.1, -0.05) is 29.8 Å². The van der Waals surface area contributed by atoms with E-state index in [0.29, 0.717) is 37.3 Å². The highest BCUT2D eigenvalue weighted by Crippen LogP contribution is 2.18. The molecule has 1 fully saturated rings. The third kappa shape index (κ3) is 6.28. The Labute approximate surface area is 166 Å². The molecule has 1 aliphatic rings. The third-order valence-electron chi connectivity index (χ3n) is 4.16. The van der Waals surface area contributed by atoms with Crippen molar-refractivity contribution in [1.82, 2.24) is 9.97 Å². The average molecular weight is 384 g/mol. The predicted octanol–water partition coefficient (Wildman–Crippen LogP) is 2.39. The molecular weight excluding hydrogens is 356 g/mol.